The standard InChI is InChI=1S/C19H21N3O7S/c1-11-10-21(16-6-3-12(2)29-16)19(26)20(17(11)23)7-8-30-13-4-5-15(22(27)28)14(9-13)18(24)25/h4-5,9-10,12,16H,3,6-8H2,1-2H3,(H,24,25)/t12-,16-/m1/s1. The van der Waals surface area contributed by atoms with E-state index in [4.69, 9.17) is 4.74 Å². The molecule has 0 radical (unpaired) electrons. The zero-order valence-electron chi connectivity index (χ0n) is 16.4. The Hall–Kier alpha value is -2.92. The molecule has 0 aliphatic carbocycles. The molecule has 10 nitrogen and oxygen atoms in total. The number of hydrogen-bond acceptors (Lipinski definition) is 7. The molecule has 3 rings (SSSR count). The van der Waals surface area contributed by atoms with Gasteiger partial charge in [-0.05, 0) is 38.8 Å². The molecule has 0 spiro atoms. The van der Waals surface area contributed by atoms with Crippen LogP contribution in [0.3, 0.4) is 0 Å². The van der Waals surface area contributed by atoms with Crippen molar-refractivity contribution in [3.05, 3.63) is 66.5 Å². The summed E-state index contributed by atoms with van der Waals surface area (Å²) in [4.78, 5) is 47.3. The van der Waals surface area contributed by atoms with Gasteiger partial charge in [-0.3, -0.25) is 24.0 Å². The Bertz CT molecular complexity index is 1110. The SMILES string of the molecule is Cc1cn([C@H]2CC[C@@H](C)O2)c(=O)n(CCSc2ccc([N+](=O)[O-])c(C(=O)O)c2)c1=O. The average Bonchev–Trinajstić information content (AvgIpc) is 3.13. The van der Waals surface area contributed by atoms with Crippen molar-refractivity contribution in [3.8, 4) is 0 Å². The van der Waals surface area contributed by atoms with Gasteiger partial charge in [0.2, 0.25) is 0 Å². The van der Waals surface area contributed by atoms with Gasteiger partial charge in [0.15, 0.2) is 0 Å². The summed E-state index contributed by atoms with van der Waals surface area (Å²) in [5, 5.41) is 20.1. The van der Waals surface area contributed by atoms with Gasteiger partial charge in [-0.2, -0.15) is 0 Å². The number of ether oxygens (including phenoxy) is 1. The monoisotopic (exact) mass is 435 g/mol. The van der Waals surface area contributed by atoms with E-state index in [1.165, 1.54) is 34.7 Å². The van der Waals surface area contributed by atoms with Gasteiger partial charge in [-0.15, -0.1) is 11.8 Å². The molecule has 30 heavy (non-hydrogen) atoms. The number of aromatic carboxylic acids is 1. The molecule has 1 saturated heterocycles. The first-order chi connectivity index (χ1) is 14.2. The summed E-state index contributed by atoms with van der Waals surface area (Å²) >= 11 is 1.20. The van der Waals surface area contributed by atoms with Crippen molar-refractivity contribution >= 4 is 23.4 Å². The molecule has 1 aromatic carbocycles. The summed E-state index contributed by atoms with van der Waals surface area (Å²) < 4.78 is 8.33. The van der Waals surface area contributed by atoms with Gasteiger partial charge in [0.1, 0.15) is 11.8 Å². The van der Waals surface area contributed by atoms with Crippen LogP contribution in [0.2, 0.25) is 0 Å². The van der Waals surface area contributed by atoms with Crippen LogP contribution in [-0.2, 0) is 11.3 Å². The molecule has 11 heteroatoms. The molecular formula is C19H21N3O7S. The molecule has 2 aromatic rings. The second kappa shape index (κ2) is 8.84. The fourth-order valence-electron chi connectivity index (χ4n) is 3.34. The Kier molecular flexibility index (Phi) is 6.42. The van der Waals surface area contributed by atoms with Gasteiger partial charge >= 0.3 is 11.7 Å². The summed E-state index contributed by atoms with van der Waals surface area (Å²) in [6.07, 6.45) is 2.68. The van der Waals surface area contributed by atoms with Crippen molar-refractivity contribution in [1.29, 1.82) is 0 Å². The minimum Gasteiger partial charge on any atom is -0.477 e. The van der Waals surface area contributed by atoms with Crippen molar-refractivity contribution in [2.45, 2.75) is 50.5 Å². The summed E-state index contributed by atoms with van der Waals surface area (Å²) in [5.74, 6) is -1.09. The van der Waals surface area contributed by atoms with E-state index in [2.05, 4.69) is 0 Å². The first-order valence-electron chi connectivity index (χ1n) is 9.31. The molecular weight excluding hydrogens is 414 g/mol. The topological polar surface area (TPSA) is 134 Å². The van der Waals surface area contributed by atoms with Crippen LogP contribution < -0.4 is 11.2 Å². The number of aryl methyl sites for hydroxylation is 1. The van der Waals surface area contributed by atoms with Crippen LogP contribution in [0, 0.1) is 17.0 Å². The van der Waals surface area contributed by atoms with E-state index in [9.17, 15) is 29.6 Å². The molecule has 0 bridgehead atoms. The van der Waals surface area contributed by atoms with Crippen LogP contribution in [0.15, 0.2) is 38.9 Å². The van der Waals surface area contributed by atoms with E-state index in [1.807, 2.05) is 6.92 Å². The zero-order chi connectivity index (χ0) is 22.0. The van der Waals surface area contributed by atoms with Crippen LogP contribution in [-0.4, -0.2) is 37.0 Å². The molecule has 0 amide bonds. The van der Waals surface area contributed by atoms with Gasteiger partial charge in [0, 0.05) is 35.0 Å². The van der Waals surface area contributed by atoms with Gasteiger partial charge in [-0.25, -0.2) is 9.59 Å². The quantitative estimate of drug-likeness (QED) is 0.398. The summed E-state index contributed by atoms with van der Waals surface area (Å²) in [7, 11) is 0. The van der Waals surface area contributed by atoms with Crippen molar-refractivity contribution in [3.63, 3.8) is 0 Å². The minimum atomic E-state index is -1.40. The van der Waals surface area contributed by atoms with E-state index >= 15 is 0 Å². The molecule has 0 saturated carbocycles. The maximum Gasteiger partial charge on any atom is 0.342 e. The van der Waals surface area contributed by atoms with Gasteiger partial charge in [0.25, 0.3) is 11.2 Å². The van der Waals surface area contributed by atoms with Crippen LogP contribution in [0.5, 0.6) is 0 Å². The largest absolute Gasteiger partial charge is 0.477 e. The minimum absolute atomic E-state index is 0.0451. The Morgan fingerprint density at radius 2 is 2.10 bits per heavy atom. The number of carbonyl (C=O) groups is 1. The zero-order valence-corrected chi connectivity index (χ0v) is 17.3. The Balaban J connectivity index is 1.80. The number of nitrogens with zero attached hydrogens (tertiary/aromatic N) is 3. The second-order valence-corrected chi connectivity index (χ2v) is 8.20. The molecule has 0 unspecified atom stereocenters. The molecule has 1 aliphatic rings. The average molecular weight is 435 g/mol. The lowest BCUT2D eigenvalue weighted by Crippen LogP contribution is -2.42. The number of nitro groups is 1. The maximum atomic E-state index is 12.8. The van der Waals surface area contributed by atoms with E-state index in [-0.39, 0.29) is 12.6 Å². The smallest absolute Gasteiger partial charge is 0.342 e. The number of aromatic nitrogens is 2. The first-order valence-corrected chi connectivity index (χ1v) is 10.3. The van der Waals surface area contributed by atoms with Gasteiger partial charge in [0.05, 0.1) is 11.0 Å². The highest BCUT2D eigenvalue weighted by Crippen LogP contribution is 2.27. The normalized spacial score (nSPS) is 18.5. The number of thioether (sulfide) groups is 1. The third kappa shape index (κ3) is 4.46. The molecule has 1 aromatic heterocycles. The summed E-state index contributed by atoms with van der Waals surface area (Å²) in [5.41, 5.74) is -1.33. The fourth-order valence-corrected chi connectivity index (χ4v) is 4.21. The van der Waals surface area contributed by atoms with E-state index in [1.54, 1.807) is 6.92 Å². The highest BCUT2D eigenvalue weighted by atomic mass is 32.2. The number of benzene rings is 1. The fraction of sp³-hybridized carbons (Fsp3) is 0.421. The van der Waals surface area contributed by atoms with Crippen molar-refractivity contribution in [2.24, 2.45) is 0 Å². The number of nitro benzene ring substituents is 1. The first kappa shape index (κ1) is 21.8. The molecule has 1 N–H and O–H groups in total. The van der Waals surface area contributed by atoms with E-state index in [0.29, 0.717) is 22.6 Å². The summed E-state index contributed by atoms with van der Waals surface area (Å²) in [6.45, 7) is 3.67. The maximum absolute atomic E-state index is 12.8. The highest BCUT2D eigenvalue weighted by molar-refractivity contribution is 7.99. The Morgan fingerprint density at radius 1 is 1.37 bits per heavy atom. The lowest BCUT2D eigenvalue weighted by molar-refractivity contribution is -0.385. The summed E-state index contributed by atoms with van der Waals surface area (Å²) in [6, 6.07) is 3.80. The molecule has 2 atom stereocenters. The van der Waals surface area contributed by atoms with Crippen LogP contribution in [0.1, 0.15) is 41.9 Å². The predicted octanol–water partition coefficient (Wildman–Crippen LogP) is 2.41. The number of carboxylic acid groups (broad SMARTS) is 1. The predicted molar refractivity (Wildman–Crippen MR) is 109 cm³/mol. The number of hydrogen-bond donors (Lipinski definition) is 1. The van der Waals surface area contributed by atoms with Crippen LogP contribution >= 0.6 is 11.8 Å². The van der Waals surface area contributed by atoms with Crippen LogP contribution in [0.25, 0.3) is 0 Å². The Morgan fingerprint density at radius 3 is 2.70 bits per heavy atom. The van der Waals surface area contributed by atoms with Gasteiger partial charge < -0.3 is 9.84 Å². The molecule has 1 aliphatic heterocycles. The molecule has 1 fully saturated rings. The van der Waals surface area contributed by atoms with Crippen molar-refractivity contribution < 1.29 is 19.6 Å². The van der Waals surface area contributed by atoms with E-state index in [0.717, 1.165) is 17.1 Å². The number of carboxylic acids is 1. The third-order valence-electron chi connectivity index (χ3n) is 4.87. The van der Waals surface area contributed by atoms with Crippen molar-refractivity contribution in [1.82, 2.24) is 9.13 Å². The van der Waals surface area contributed by atoms with Crippen molar-refractivity contribution in [2.75, 3.05) is 5.75 Å². The van der Waals surface area contributed by atoms with Crippen LogP contribution in [0.4, 0.5) is 5.69 Å². The van der Waals surface area contributed by atoms with Gasteiger partial charge in [-0.1, -0.05) is 0 Å². The Labute approximate surface area is 175 Å². The third-order valence-corrected chi connectivity index (χ3v) is 5.84. The van der Waals surface area contributed by atoms with E-state index < -0.39 is 39.6 Å². The molecule has 2 heterocycles. The second-order valence-electron chi connectivity index (χ2n) is 7.03. The highest BCUT2D eigenvalue weighted by Gasteiger charge is 2.25. The lowest BCUT2D eigenvalue weighted by Gasteiger charge is -2.17. The molecule has 160 valence electrons. The number of rotatable bonds is 7. The lowest BCUT2D eigenvalue weighted by atomic mass is 10.2.